The van der Waals surface area contributed by atoms with Gasteiger partial charge in [0.05, 0.1) is 11.4 Å². The molecule has 2 aromatic heterocycles. The molecule has 1 aliphatic rings. The maximum absolute atomic E-state index is 6.75. The van der Waals surface area contributed by atoms with Crippen LogP contribution >= 0.6 is 0 Å². The van der Waals surface area contributed by atoms with Gasteiger partial charge in [-0.2, -0.15) is 0 Å². The van der Waals surface area contributed by atoms with Gasteiger partial charge in [-0.25, -0.2) is 0 Å². The molecule has 4 heteroatoms. The Balaban J connectivity index is 0.949. The highest BCUT2D eigenvalue weighted by molar-refractivity contribution is 6.14. The first-order valence-electron chi connectivity index (χ1n) is 23.0. The Bertz CT molecular complexity index is 3630. The molecule has 0 amide bonds. The lowest BCUT2D eigenvalue weighted by Crippen LogP contribution is -2.17. The Kier molecular flexibility index (Phi) is 8.84. The van der Waals surface area contributed by atoms with E-state index in [2.05, 4.69) is 230 Å². The van der Waals surface area contributed by atoms with E-state index in [1.54, 1.807) is 0 Å². The summed E-state index contributed by atoms with van der Waals surface area (Å²) in [7, 11) is 0. The molecule has 10 aromatic carbocycles. The molecule has 0 unspecified atom stereocenters. The van der Waals surface area contributed by atoms with E-state index in [0.29, 0.717) is 0 Å². The summed E-state index contributed by atoms with van der Waals surface area (Å²) in [4.78, 5) is 4.72. The molecule has 0 bridgehead atoms. The van der Waals surface area contributed by atoms with Crippen molar-refractivity contribution in [2.75, 3.05) is 9.80 Å². The summed E-state index contributed by atoms with van der Waals surface area (Å²) < 4.78 is 13.5. The quantitative estimate of drug-likeness (QED) is 0.152. The predicted molar refractivity (Wildman–Crippen MR) is 279 cm³/mol. The SMILES string of the molecule is CC1(C)c2cc(N(c3ccc(-c4ccccc4)cc3)c3ccc(-c4ccccc4)cc3)ccc2-c2ccc(N(c3cccc4c3oc3ccccc34)c3cccc4c3oc3ccccc34)cc21. The number of hydrogen-bond acceptors (Lipinski definition) is 4. The van der Waals surface area contributed by atoms with E-state index in [-0.39, 0.29) is 5.41 Å². The van der Waals surface area contributed by atoms with E-state index < -0.39 is 0 Å². The van der Waals surface area contributed by atoms with Gasteiger partial charge in [-0.15, -0.1) is 0 Å². The summed E-state index contributed by atoms with van der Waals surface area (Å²) in [5.74, 6) is 0. The predicted octanol–water partition coefficient (Wildman–Crippen LogP) is 18.1. The van der Waals surface area contributed by atoms with Crippen molar-refractivity contribution in [2.45, 2.75) is 19.3 Å². The van der Waals surface area contributed by atoms with Crippen molar-refractivity contribution in [3.63, 3.8) is 0 Å². The lowest BCUT2D eigenvalue weighted by molar-refractivity contribution is 0.660. The molecule has 2 heterocycles. The van der Waals surface area contributed by atoms with Gasteiger partial charge in [0.15, 0.2) is 11.2 Å². The summed E-state index contributed by atoms with van der Waals surface area (Å²) in [5, 5.41) is 4.34. The minimum Gasteiger partial charge on any atom is -0.454 e. The largest absolute Gasteiger partial charge is 0.454 e. The molecular weight excluding hydrogens is 817 g/mol. The average molecular weight is 861 g/mol. The van der Waals surface area contributed by atoms with Crippen molar-refractivity contribution in [1.82, 2.24) is 0 Å². The topological polar surface area (TPSA) is 32.8 Å². The molecular formula is C63H44N2O2. The van der Waals surface area contributed by atoms with Crippen molar-refractivity contribution in [3.8, 4) is 33.4 Å². The first-order chi connectivity index (χ1) is 33.0. The van der Waals surface area contributed by atoms with Crippen LogP contribution in [0.3, 0.4) is 0 Å². The van der Waals surface area contributed by atoms with Crippen molar-refractivity contribution in [1.29, 1.82) is 0 Å². The summed E-state index contributed by atoms with van der Waals surface area (Å²) in [6, 6.07) is 82.5. The maximum atomic E-state index is 6.75. The lowest BCUT2D eigenvalue weighted by atomic mass is 9.82. The van der Waals surface area contributed by atoms with Crippen LogP contribution in [0.1, 0.15) is 25.0 Å². The van der Waals surface area contributed by atoms with Gasteiger partial charge in [0.2, 0.25) is 0 Å². The highest BCUT2D eigenvalue weighted by atomic mass is 16.3. The van der Waals surface area contributed by atoms with Gasteiger partial charge in [0, 0.05) is 49.7 Å². The highest BCUT2D eigenvalue weighted by Crippen LogP contribution is 2.54. The van der Waals surface area contributed by atoms with E-state index in [4.69, 9.17) is 8.83 Å². The fraction of sp³-hybridized carbons (Fsp3) is 0.0476. The number of benzene rings is 10. The number of nitrogens with zero attached hydrogens (tertiary/aromatic N) is 2. The molecule has 0 atom stereocenters. The van der Waals surface area contributed by atoms with Crippen molar-refractivity contribution in [2.24, 2.45) is 0 Å². The van der Waals surface area contributed by atoms with E-state index >= 15 is 0 Å². The minimum absolute atomic E-state index is 0.334. The van der Waals surface area contributed by atoms with Gasteiger partial charge in [-0.3, -0.25) is 0 Å². The molecule has 0 N–H and O–H groups in total. The third-order valence-electron chi connectivity index (χ3n) is 13.9. The molecule has 67 heavy (non-hydrogen) atoms. The fourth-order valence-corrected chi connectivity index (χ4v) is 10.5. The van der Waals surface area contributed by atoms with Gasteiger partial charge in [0.1, 0.15) is 11.2 Å². The van der Waals surface area contributed by atoms with Crippen LogP contribution in [0.4, 0.5) is 34.1 Å². The Morgan fingerprint density at radius 2 is 0.687 bits per heavy atom. The van der Waals surface area contributed by atoms with Crippen LogP contribution in [0, 0.1) is 0 Å². The van der Waals surface area contributed by atoms with Crippen LogP contribution in [-0.4, -0.2) is 0 Å². The van der Waals surface area contributed by atoms with Crippen LogP contribution in [0.2, 0.25) is 0 Å². The minimum atomic E-state index is -0.334. The van der Waals surface area contributed by atoms with Crippen LogP contribution in [0.15, 0.2) is 239 Å². The van der Waals surface area contributed by atoms with E-state index in [9.17, 15) is 0 Å². The molecule has 1 aliphatic carbocycles. The van der Waals surface area contributed by atoms with Crippen molar-refractivity contribution < 1.29 is 8.83 Å². The number of furan rings is 2. The Morgan fingerprint density at radius 3 is 1.15 bits per heavy atom. The second-order valence-electron chi connectivity index (χ2n) is 18.1. The lowest BCUT2D eigenvalue weighted by Gasteiger charge is -2.29. The first-order valence-corrected chi connectivity index (χ1v) is 23.0. The van der Waals surface area contributed by atoms with Gasteiger partial charge < -0.3 is 18.6 Å². The van der Waals surface area contributed by atoms with Crippen LogP contribution in [0.25, 0.3) is 77.3 Å². The Morgan fingerprint density at radius 1 is 0.313 bits per heavy atom. The normalized spacial score (nSPS) is 12.7. The highest BCUT2D eigenvalue weighted by Gasteiger charge is 2.37. The van der Waals surface area contributed by atoms with Gasteiger partial charge in [0.25, 0.3) is 0 Å². The van der Waals surface area contributed by atoms with Gasteiger partial charge in [-0.1, -0.05) is 172 Å². The zero-order valence-corrected chi connectivity index (χ0v) is 37.2. The zero-order valence-electron chi connectivity index (χ0n) is 37.2. The Labute approximate surface area is 389 Å². The van der Waals surface area contributed by atoms with Crippen LogP contribution < -0.4 is 9.80 Å². The van der Waals surface area contributed by atoms with Crippen LogP contribution in [0.5, 0.6) is 0 Å². The molecule has 0 saturated heterocycles. The standard InChI is InChI=1S/C63H44N2O2/c1-63(2)55-39-47(64(45-31-27-43(28-32-45)41-15-5-3-6-16-41)46-33-29-44(30-34-46)42-17-7-4-8-18-42)35-37-49(55)50-38-36-48(40-56(50)63)65(57-23-13-21-53-51-19-9-11-25-59(51)66-61(53)57)58-24-14-22-54-52-20-10-12-26-60(52)67-62(54)58/h3-40H,1-2H3. The maximum Gasteiger partial charge on any atom is 0.159 e. The van der Waals surface area contributed by atoms with Crippen LogP contribution in [-0.2, 0) is 5.41 Å². The number of anilines is 6. The number of hydrogen-bond donors (Lipinski definition) is 0. The molecule has 4 nitrogen and oxygen atoms in total. The molecule has 13 rings (SSSR count). The third kappa shape index (κ3) is 6.29. The average Bonchev–Trinajstić information content (AvgIpc) is 4.03. The van der Waals surface area contributed by atoms with Gasteiger partial charge >= 0.3 is 0 Å². The summed E-state index contributed by atoms with van der Waals surface area (Å²) >= 11 is 0. The van der Waals surface area contributed by atoms with E-state index in [0.717, 1.165) is 78.0 Å². The zero-order chi connectivity index (χ0) is 44.6. The fourth-order valence-electron chi connectivity index (χ4n) is 10.5. The summed E-state index contributed by atoms with van der Waals surface area (Å²) in [6.07, 6.45) is 0. The molecule has 318 valence electrons. The summed E-state index contributed by atoms with van der Waals surface area (Å²) in [5.41, 5.74) is 19.1. The first kappa shape index (κ1) is 38.8. The van der Waals surface area contributed by atoms with Gasteiger partial charge in [-0.05, 0) is 117 Å². The molecule has 0 aliphatic heterocycles. The second-order valence-corrected chi connectivity index (χ2v) is 18.1. The molecule has 0 fully saturated rings. The van der Waals surface area contributed by atoms with Crippen molar-refractivity contribution >= 4 is 78.0 Å². The third-order valence-corrected chi connectivity index (χ3v) is 13.9. The second kappa shape index (κ2) is 15.3. The molecule has 12 aromatic rings. The van der Waals surface area contributed by atoms with E-state index in [1.807, 2.05) is 24.3 Å². The Hall–Kier alpha value is -8.60. The smallest absolute Gasteiger partial charge is 0.159 e. The molecule has 0 spiro atoms. The molecule has 0 saturated carbocycles. The van der Waals surface area contributed by atoms with E-state index in [1.165, 1.54) is 44.5 Å². The van der Waals surface area contributed by atoms with Crippen molar-refractivity contribution in [3.05, 3.63) is 242 Å². The number of para-hydroxylation sites is 4. The number of rotatable bonds is 8. The number of fused-ring (bicyclic) bond motifs is 9. The monoisotopic (exact) mass is 860 g/mol. The molecule has 0 radical (unpaired) electrons. The summed E-state index contributed by atoms with van der Waals surface area (Å²) in [6.45, 7) is 4.73.